The van der Waals surface area contributed by atoms with Crippen LogP contribution >= 0.6 is 0 Å². The Kier molecular flexibility index (Phi) is 5.87. The van der Waals surface area contributed by atoms with Crippen molar-refractivity contribution in [2.24, 2.45) is 0 Å². The molecule has 0 aliphatic carbocycles. The molecule has 1 heterocycles. The molecule has 6 heteroatoms. The van der Waals surface area contributed by atoms with Crippen molar-refractivity contribution >= 4 is 17.6 Å². The highest BCUT2D eigenvalue weighted by molar-refractivity contribution is 6.04. The number of hydrogen-bond acceptors (Lipinski definition) is 5. The minimum absolute atomic E-state index is 0.0180. The number of benzene rings is 2. The first-order valence-corrected chi connectivity index (χ1v) is 9.32. The molecule has 2 atom stereocenters. The van der Waals surface area contributed by atoms with Crippen LogP contribution in [0.3, 0.4) is 0 Å². The number of methoxy groups -OCH3 is 2. The fourth-order valence-corrected chi connectivity index (χ4v) is 3.71. The van der Waals surface area contributed by atoms with E-state index in [2.05, 4.69) is 0 Å². The number of anilines is 1. The summed E-state index contributed by atoms with van der Waals surface area (Å²) in [4.78, 5) is 27.5. The van der Waals surface area contributed by atoms with Crippen LogP contribution in [0.2, 0.25) is 0 Å². The van der Waals surface area contributed by atoms with E-state index < -0.39 is 12.0 Å². The van der Waals surface area contributed by atoms with Crippen LogP contribution in [-0.4, -0.2) is 38.7 Å². The van der Waals surface area contributed by atoms with Crippen LogP contribution in [0.5, 0.6) is 11.5 Å². The molecule has 0 saturated carbocycles. The molecule has 2 unspecified atom stereocenters. The van der Waals surface area contributed by atoms with E-state index in [4.69, 9.17) is 14.2 Å². The predicted molar refractivity (Wildman–Crippen MR) is 107 cm³/mol. The van der Waals surface area contributed by atoms with E-state index in [0.29, 0.717) is 29.2 Å². The maximum absolute atomic E-state index is 13.3. The molecule has 3 rings (SSSR count). The first kappa shape index (κ1) is 19.7. The zero-order valence-electron chi connectivity index (χ0n) is 16.6. The lowest BCUT2D eigenvalue weighted by Crippen LogP contribution is -2.44. The minimum Gasteiger partial charge on any atom is -0.493 e. The van der Waals surface area contributed by atoms with Gasteiger partial charge in [-0.05, 0) is 31.9 Å². The number of fused-ring (bicyclic) bond motifs is 1. The summed E-state index contributed by atoms with van der Waals surface area (Å²) in [5, 5.41) is 0. The molecule has 1 aliphatic heterocycles. The van der Waals surface area contributed by atoms with Gasteiger partial charge >= 0.3 is 6.09 Å². The van der Waals surface area contributed by atoms with Crippen LogP contribution < -0.4 is 14.4 Å². The number of carbonyl (C=O) groups excluding carboxylic acids is 2. The summed E-state index contributed by atoms with van der Waals surface area (Å²) < 4.78 is 16.1. The second-order valence-corrected chi connectivity index (χ2v) is 6.70. The van der Waals surface area contributed by atoms with Crippen molar-refractivity contribution in [1.82, 2.24) is 0 Å². The largest absolute Gasteiger partial charge is 0.493 e. The monoisotopic (exact) mass is 383 g/mol. The molecule has 0 saturated heterocycles. The summed E-state index contributed by atoms with van der Waals surface area (Å²) in [7, 11) is 3.09. The van der Waals surface area contributed by atoms with Crippen molar-refractivity contribution in [3.63, 3.8) is 0 Å². The summed E-state index contributed by atoms with van der Waals surface area (Å²) in [6.07, 6.45) is 0.0590. The topological polar surface area (TPSA) is 65.1 Å². The number of ketones is 1. The lowest BCUT2D eigenvalue weighted by Gasteiger charge is -2.38. The number of ether oxygens (including phenoxy) is 3. The number of Topliss-reactive ketones (excluding diaryl/α,β-unsaturated/α-hetero) is 1. The second kappa shape index (κ2) is 8.33. The molecule has 6 nitrogen and oxygen atoms in total. The van der Waals surface area contributed by atoms with Crippen LogP contribution in [0.4, 0.5) is 10.5 Å². The molecule has 0 bridgehead atoms. The second-order valence-electron chi connectivity index (χ2n) is 6.70. The van der Waals surface area contributed by atoms with E-state index in [9.17, 15) is 9.59 Å². The van der Waals surface area contributed by atoms with Gasteiger partial charge in [-0.2, -0.15) is 0 Å². The summed E-state index contributed by atoms with van der Waals surface area (Å²) in [5.74, 6) is 0.642. The average molecular weight is 383 g/mol. The Morgan fingerprint density at radius 2 is 1.71 bits per heavy atom. The fraction of sp³-hybridized carbons (Fsp3) is 0.364. The van der Waals surface area contributed by atoms with Gasteiger partial charge in [0.05, 0.1) is 32.4 Å². The highest BCUT2D eigenvalue weighted by atomic mass is 16.6. The van der Waals surface area contributed by atoms with Gasteiger partial charge < -0.3 is 14.2 Å². The lowest BCUT2D eigenvalue weighted by molar-refractivity contribution is 0.0946. The third-order valence-corrected chi connectivity index (χ3v) is 5.02. The zero-order chi connectivity index (χ0) is 20.3. The molecular weight excluding hydrogens is 358 g/mol. The molecule has 28 heavy (non-hydrogen) atoms. The number of hydrogen-bond donors (Lipinski definition) is 0. The average Bonchev–Trinajstić information content (AvgIpc) is 2.72. The first-order chi connectivity index (χ1) is 13.5. The first-order valence-electron chi connectivity index (χ1n) is 9.32. The van der Waals surface area contributed by atoms with Crippen molar-refractivity contribution in [2.45, 2.75) is 32.2 Å². The van der Waals surface area contributed by atoms with E-state index in [1.54, 1.807) is 31.1 Å². The molecule has 0 N–H and O–H groups in total. The number of rotatable bonds is 5. The number of carbonyl (C=O) groups is 2. The minimum atomic E-state index is -0.436. The SMILES string of the molecule is CCOC(=O)N1c2cc(OC)c(OC)cc2C(C(=O)c2ccccc2)CC1C. The Labute approximate surface area is 165 Å². The molecule has 0 fully saturated rings. The van der Waals surface area contributed by atoms with Crippen LogP contribution in [0.25, 0.3) is 0 Å². The molecule has 0 spiro atoms. The summed E-state index contributed by atoms with van der Waals surface area (Å²) >= 11 is 0. The number of amides is 1. The molecule has 0 radical (unpaired) electrons. The smallest absolute Gasteiger partial charge is 0.414 e. The van der Waals surface area contributed by atoms with Gasteiger partial charge in [-0.15, -0.1) is 0 Å². The quantitative estimate of drug-likeness (QED) is 0.715. The maximum atomic E-state index is 13.3. The molecular formula is C22H25NO5. The standard InChI is InChI=1S/C22H25NO5/c1-5-28-22(25)23-14(2)11-17(21(24)15-9-7-6-8-10-15)16-12-19(26-3)20(27-4)13-18(16)23/h6-10,12-14,17H,5,11H2,1-4H3. The van der Waals surface area contributed by atoms with Crippen molar-refractivity contribution < 1.29 is 23.8 Å². The third-order valence-electron chi connectivity index (χ3n) is 5.02. The van der Waals surface area contributed by atoms with Gasteiger partial charge in [0.15, 0.2) is 17.3 Å². The van der Waals surface area contributed by atoms with E-state index in [0.717, 1.165) is 5.56 Å². The maximum Gasteiger partial charge on any atom is 0.414 e. The van der Waals surface area contributed by atoms with Gasteiger partial charge in [0.1, 0.15) is 0 Å². The van der Waals surface area contributed by atoms with Gasteiger partial charge in [0.25, 0.3) is 0 Å². The highest BCUT2D eigenvalue weighted by Crippen LogP contribution is 2.45. The van der Waals surface area contributed by atoms with Crippen LogP contribution in [-0.2, 0) is 4.74 Å². The van der Waals surface area contributed by atoms with E-state index in [1.807, 2.05) is 37.3 Å². The normalized spacial score (nSPS) is 18.2. The van der Waals surface area contributed by atoms with E-state index in [1.165, 1.54) is 7.11 Å². The van der Waals surface area contributed by atoms with Crippen LogP contribution in [0.15, 0.2) is 42.5 Å². The molecule has 1 amide bonds. The Hall–Kier alpha value is -3.02. The summed E-state index contributed by atoms with van der Waals surface area (Å²) in [6.45, 7) is 3.96. The third kappa shape index (κ3) is 3.54. The predicted octanol–water partition coefficient (Wildman–Crippen LogP) is 4.43. The summed E-state index contributed by atoms with van der Waals surface area (Å²) in [6, 6.07) is 12.5. The van der Waals surface area contributed by atoms with Crippen LogP contribution in [0.1, 0.15) is 42.1 Å². The van der Waals surface area contributed by atoms with Crippen LogP contribution in [0, 0.1) is 0 Å². The van der Waals surface area contributed by atoms with Gasteiger partial charge in [-0.3, -0.25) is 9.69 Å². The Morgan fingerprint density at radius 1 is 1.07 bits per heavy atom. The summed E-state index contributed by atoms with van der Waals surface area (Å²) in [5.41, 5.74) is 1.99. The van der Waals surface area contributed by atoms with E-state index >= 15 is 0 Å². The van der Waals surface area contributed by atoms with E-state index in [-0.39, 0.29) is 18.4 Å². The zero-order valence-corrected chi connectivity index (χ0v) is 16.6. The molecule has 2 aromatic carbocycles. The van der Waals surface area contributed by atoms with Crippen molar-refractivity contribution in [3.8, 4) is 11.5 Å². The van der Waals surface area contributed by atoms with Crippen molar-refractivity contribution in [1.29, 1.82) is 0 Å². The van der Waals surface area contributed by atoms with Crippen molar-refractivity contribution in [2.75, 3.05) is 25.7 Å². The Morgan fingerprint density at radius 3 is 2.32 bits per heavy atom. The Balaban J connectivity index is 2.14. The van der Waals surface area contributed by atoms with Crippen molar-refractivity contribution in [3.05, 3.63) is 53.6 Å². The van der Waals surface area contributed by atoms with Gasteiger partial charge in [-0.1, -0.05) is 30.3 Å². The fourth-order valence-electron chi connectivity index (χ4n) is 3.71. The lowest BCUT2D eigenvalue weighted by atomic mass is 9.81. The molecule has 1 aliphatic rings. The molecule has 0 aromatic heterocycles. The Bertz CT molecular complexity index is 865. The highest BCUT2D eigenvalue weighted by Gasteiger charge is 2.39. The molecule has 2 aromatic rings. The number of nitrogens with zero attached hydrogens (tertiary/aromatic N) is 1. The van der Waals surface area contributed by atoms with Gasteiger partial charge in [-0.25, -0.2) is 4.79 Å². The molecule has 148 valence electrons. The van der Waals surface area contributed by atoms with Gasteiger partial charge in [0, 0.05) is 17.7 Å². The van der Waals surface area contributed by atoms with Gasteiger partial charge in [0.2, 0.25) is 0 Å².